The third kappa shape index (κ3) is 4.24. The number of nitrogens with one attached hydrogen (secondary N) is 1. The second kappa shape index (κ2) is 7.48. The van der Waals surface area contributed by atoms with Gasteiger partial charge in [-0.15, -0.1) is 0 Å². The standard InChI is InChI=1S/C17H22N2O4/c20-15(16-6-3-9-23-16)10-13-4-1-7-19(13)12-17(21)18-11-14-5-2-8-22-14/h2-3,5-6,8-9,13,15,20H,1,4,7,10-12H2,(H,18,21). The highest BCUT2D eigenvalue weighted by atomic mass is 16.4. The van der Waals surface area contributed by atoms with Crippen LogP contribution in [0.2, 0.25) is 0 Å². The zero-order valence-electron chi connectivity index (χ0n) is 13.0. The van der Waals surface area contributed by atoms with E-state index in [1.165, 1.54) is 0 Å². The zero-order chi connectivity index (χ0) is 16.1. The van der Waals surface area contributed by atoms with Crippen LogP contribution >= 0.6 is 0 Å². The summed E-state index contributed by atoms with van der Waals surface area (Å²) in [5, 5.41) is 13.1. The van der Waals surface area contributed by atoms with E-state index in [1.807, 2.05) is 6.07 Å². The van der Waals surface area contributed by atoms with Crippen LogP contribution in [0.15, 0.2) is 45.6 Å². The van der Waals surface area contributed by atoms with Crippen molar-refractivity contribution < 1.29 is 18.7 Å². The van der Waals surface area contributed by atoms with Gasteiger partial charge in [0.25, 0.3) is 0 Å². The average Bonchev–Trinajstić information content (AvgIpc) is 3.29. The highest BCUT2D eigenvalue weighted by molar-refractivity contribution is 5.78. The van der Waals surface area contributed by atoms with Gasteiger partial charge in [0.2, 0.25) is 5.91 Å². The Hall–Kier alpha value is -2.05. The summed E-state index contributed by atoms with van der Waals surface area (Å²) < 4.78 is 10.4. The smallest absolute Gasteiger partial charge is 0.234 e. The lowest BCUT2D eigenvalue weighted by Crippen LogP contribution is -2.40. The molecule has 1 fully saturated rings. The number of rotatable bonds is 7. The summed E-state index contributed by atoms with van der Waals surface area (Å²) in [5.41, 5.74) is 0. The molecule has 2 atom stereocenters. The molecule has 6 heteroatoms. The Labute approximate surface area is 135 Å². The first-order valence-electron chi connectivity index (χ1n) is 7.97. The Morgan fingerprint density at radius 2 is 2.17 bits per heavy atom. The average molecular weight is 318 g/mol. The van der Waals surface area contributed by atoms with Crippen molar-refractivity contribution in [3.8, 4) is 0 Å². The van der Waals surface area contributed by atoms with Gasteiger partial charge < -0.3 is 19.3 Å². The maximum absolute atomic E-state index is 12.1. The van der Waals surface area contributed by atoms with Crippen molar-refractivity contribution in [2.24, 2.45) is 0 Å². The van der Waals surface area contributed by atoms with E-state index in [-0.39, 0.29) is 11.9 Å². The molecule has 1 aliphatic heterocycles. The van der Waals surface area contributed by atoms with Crippen LogP contribution in [0.4, 0.5) is 0 Å². The highest BCUT2D eigenvalue weighted by Crippen LogP contribution is 2.27. The van der Waals surface area contributed by atoms with E-state index in [0.29, 0.717) is 25.3 Å². The molecule has 2 aromatic heterocycles. The fourth-order valence-electron chi connectivity index (χ4n) is 3.06. The highest BCUT2D eigenvalue weighted by Gasteiger charge is 2.29. The molecule has 0 saturated carbocycles. The van der Waals surface area contributed by atoms with Gasteiger partial charge in [0.05, 0.1) is 25.6 Å². The largest absolute Gasteiger partial charge is 0.467 e. The maximum atomic E-state index is 12.1. The lowest BCUT2D eigenvalue weighted by molar-refractivity contribution is -0.122. The van der Waals surface area contributed by atoms with Gasteiger partial charge in [0.1, 0.15) is 17.6 Å². The fourth-order valence-corrected chi connectivity index (χ4v) is 3.06. The van der Waals surface area contributed by atoms with E-state index in [1.54, 1.807) is 30.7 Å². The SMILES string of the molecule is O=C(CN1CCCC1CC(O)c1ccco1)NCc1ccco1. The zero-order valence-corrected chi connectivity index (χ0v) is 13.0. The Morgan fingerprint density at radius 3 is 2.91 bits per heavy atom. The molecule has 0 bridgehead atoms. The third-order valence-electron chi connectivity index (χ3n) is 4.25. The molecule has 1 aliphatic rings. The quantitative estimate of drug-likeness (QED) is 0.817. The number of amides is 1. The van der Waals surface area contributed by atoms with Gasteiger partial charge in [-0.1, -0.05) is 0 Å². The summed E-state index contributed by atoms with van der Waals surface area (Å²) in [6.45, 7) is 1.62. The second-order valence-electron chi connectivity index (χ2n) is 5.89. The Bertz CT molecular complexity index is 594. The van der Waals surface area contributed by atoms with Crippen LogP contribution in [-0.2, 0) is 11.3 Å². The minimum Gasteiger partial charge on any atom is -0.467 e. The van der Waals surface area contributed by atoms with Crippen LogP contribution < -0.4 is 5.32 Å². The van der Waals surface area contributed by atoms with Crippen LogP contribution in [-0.4, -0.2) is 35.0 Å². The molecule has 124 valence electrons. The predicted molar refractivity (Wildman–Crippen MR) is 83.4 cm³/mol. The topological polar surface area (TPSA) is 78.9 Å². The number of nitrogens with zero attached hydrogens (tertiary/aromatic N) is 1. The van der Waals surface area contributed by atoms with Gasteiger partial charge in [-0.2, -0.15) is 0 Å². The molecular weight excluding hydrogens is 296 g/mol. The molecule has 2 aromatic rings. The summed E-state index contributed by atoms with van der Waals surface area (Å²) in [6.07, 6.45) is 5.14. The van der Waals surface area contributed by atoms with Crippen LogP contribution in [0.25, 0.3) is 0 Å². The first kappa shape index (κ1) is 15.8. The van der Waals surface area contributed by atoms with Crippen molar-refractivity contribution in [1.82, 2.24) is 10.2 Å². The summed E-state index contributed by atoms with van der Waals surface area (Å²) in [7, 11) is 0. The van der Waals surface area contributed by atoms with Crippen molar-refractivity contribution in [1.29, 1.82) is 0 Å². The van der Waals surface area contributed by atoms with Crippen molar-refractivity contribution in [2.45, 2.75) is 38.0 Å². The molecule has 1 saturated heterocycles. The Balaban J connectivity index is 1.47. The summed E-state index contributed by atoms with van der Waals surface area (Å²) in [5.74, 6) is 1.30. The molecule has 6 nitrogen and oxygen atoms in total. The minimum absolute atomic E-state index is 0.0270. The fraction of sp³-hybridized carbons (Fsp3) is 0.471. The van der Waals surface area contributed by atoms with Crippen molar-refractivity contribution in [2.75, 3.05) is 13.1 Å². The molecule has 0 radical (unpaired) electrons. The number of furan rings is 2. The number of likely N-dealkylation sites (tertiary alicyclic amines) is 1. The normalized spacial score (nSPS) is 19.8. The first-order valence-corrected chi connectivity index (χ1v) is 7.97. The van der Waals surface area contributed by atoms with E-state index in [9.17, 15) is 9.90 Å². The van der Waals surface area contributed by atoms with Crippen molar-refractivity contribution in [3.05, 3.63) is 48.3 Å². The Morgan fingerprint density at radius 1 is 1.35 bits per heavy atom. The molecular formula is C17H22N2O4. The molecule has 1 amide bonds. The number of carbonyl (C=O) groups excluding carboxylic acids is 1. The molecule has 23 heavy (non-hydrogen) atoms. The van der Waals surface area contributed by atoms with Crippen LogP contribution in [0.1, 0.15) is 36.9 Å². The van der Waals surface area contributed by atoms with Gasteiger partial charge in [-0.25, -0.2) is 0 Å². The molecule has 2 N–H and O–H groups in total. The van der Waals surface area contributed by atoms with Gasteiger partial charge in [-0.3, -0.25) is 9.69 Å². The monoisotopic (exact) mass is 318 g/mol. The Kier molecular flexibility index (Phi) is 5.15. The second-order valence-corrected chi connectivity index (χ2v) is 5.89. The third-order valence-corrected chi connectivity index (χ3v) is 4.25. The molecule has 3 heterocycles. The molecule has 3 rings (SSSR count). The van der Waals surface area contributed by atoms with E-state index < -0.39 is 6.10 Å². The lowest BCUT2D eigenvalue weighted by atomic mass is 10.1. The number of carbonyl (C=O) groups is 1. The lowest BCUT2D eigenvalue weighted by Gasteiger charge is -2.25. The number of hydrogen-bond donors (Lipinski definition) is 2. The molecule has 0 aromatic carbocycles. The number of aliphatic hydroxyl groups excluding tert-OH is 1. The van der Waals surface area contributed by atoms with E-state index >= 15 is 0 Å². The van der Waals surface area contributed by atoms with E-state index in [0.717, 1.165) is 25.1 Å². The van der Waals surface area contributed by atoms with Gasteiger partial charge in [0, 0.05) is 6.04 Å². The van der Waals surface area contributed by atoms with Gasteiger partial charge in [-0.05, 0) is 50.1 Å². The maximum Gasteiger partial charge on any atom is 0.234 e. The minimum atomic E-state index is -0.623. The van der Waals surface area contributed by atoms with Gasteiger partial charge >= 0.3 is 0 Å². The van der Waals surface area contributed by atoms with Crippen LogP contribution in [0.5, 0.6) is 0 Å². The van der Waals surface area contributed by atoms with E-state index in [4.69, 9.17) is 8.83 Å². The molecule has 0 aliphatic carbocycles. The van der Waals surface area contributed by atoms with Crippen LogP contribution in [0, 0.1) is 0 Å². The molecule has 0 spiro atoms. The summed E-state index contributed by atoms with van der Waals surface area (Å²) in [6, 6.07) is 7.38. The van der Waals surface area contributed by atoms with E-state index in [2.05, 4.69) is 10.2 Å². The predicted octanol–water partition coefficient (Wildman–Crippen LogP) is 2.08. The molecule has 2 unspecified atom stereocenters. The number of hydrogen-bond acceptors (Lipinski definition) is 5. The number of aliphatic hydroxyl groups is 1. The van der Waals surface area contributed by atoms with Crippen molar-refractivity contribution in [3.63, 3.8) is 0 Å². The van der Waals surface area contributed by atoms with Crippen molar-refractivity contribution >= 4 is 5.91 Å². The van der Waals surface area contributed by atoms with Crippen LogP contribution in [0.3, 0.4) is 0 Å². The van der Waals surface area contributed by atoms with Gasteiger partial charge in [0.15, 0.2) is 0 Å². The summed E-state index contributed by atoms with van der Waals surface area (Å²) in [4.78, 5) is 14.2. The first-order chi connectivity index (χ1) is 11.2. The summed E-state index contributed by atoms with van der Waals surface area (Å²) >= 11 is 0.